The fourth-order valence-corrected chi connectivity index (χ4v) is 1.13. The molecular weight excluding hydrogens is 166 g/mol. The molecule has 0 aromatic rings. The molecular formula is C10H19NO2. The predicted octanol–water partition coefficient (Wildman–Crippen LogP) is 1.86. The highest BCUT2D eigenvalue weighted by atomic mass is 16.5. The van der Waals surface area contributed by atoms with Gasteiger partial charge in [-0.3, -0.25) is 0 Å². The van der Waals surface area contributed by atoms with Gasteiger partial charge in [-0.25, -0.2) is 0 Å². The number of nitrogens with zero attached hydrogens (tertiary/aromatic N) is 1. The highest BCUT2D eigenvalue weighted by Gasteiger charge is 2.09. The Hall–Kier alpha value is -0.590. The fourth-order valence-electron chi connectivity index (χ4n) is 1.13. The largest absolute Gasteiger partial charge is 0.393 e. The van der Waals surface area contributed by atoms with Crippen LogP contribution in [0.4, 0.5) is 0 Å². The summed E-state index contributed by atoms with van der Waals surface area (Å²) in [6.45, 7) is 4.43. The molecule has 0 amide bonds. The van der Waals surface area contributed by atoms with Crippen LogP contribution in [0.1, 0.15) is 39.5 Å². The Morgan fingerprint density at radius 3 is 2.69 bits per heavy atom. The van der Waals surface area contributed by atoms with Gasteiger partial charge in [-0.2, -0.15) is 5.26 Å². The summed E-state index contributed by atoms with van der Waals surface area (Å²) in [5, 5.41) is 17.4. The van der Waals surface area contributed by atoms with Crippen molar-refractivity contribution in [2.24, 2.45) is 0 Å². The molecule has 0 rings (SSSR count). The summed E-state index contributed by atoms with van der Waals surface area (Å²) in [5.41, 5.74) is 0. The van der Waals surface area contributed by atoms with E-state index in [9.17, 15) is 0 Å². The van der Waals surface area contributed by atoms with E-state index in [0.29, 0.717) is 19.4 Å². The number of rotatable bonds is 7. The minimum Gasteiger partial charge on any atom is -0.393 e. The summed E-state index contributed by atoms with van der Waals surface area (Å²) < 4.78 is 5.49. The second-order valence-electron chi connectivity index (χ2n) is 3.25. The molecule has 1 N–H and O–H groups in total. The standard InChI is InChI=1S/C10H19NO2/c1-3-10(8-9(2)12)13-7-5-4-6-11/h9-10,12H,3-5,7-8H2,1-2H3. The first-order valence-corrected chi connectivity index (χ1v) is 4.87. The van der Waals surface area contributed by atoms with Gasteiger partial charge in [0.1, 0.15) is 0 Å². The van der Waals surface area contributed by atoms with Crippen LogP contribution in [0, 0.1) is 11.3 Å². The Morgan fingerprint density at radius 1 is 1.54 bits per heavy atom. The SMILES string of the molecule is CCC(CC(C)O)OCCCC#N. The van der Waals surface area contributed by atoms with Crippen molar-refractivity contribution in [3.8, 4) is 6.07 Å². The van der Waals surface area contributed by atoms with Crippen LogP contribution >= 0.6 is 0 Å². The van der Waals surface area contributed by atoms with E-state index in [0.717, 1.165) is 12.8 Å². The number of hydrogen-bond donors (Lipinski definition) is 1. The number of hydrogen-bond acceptors (Lipinski definition) is 3. The first kappa shape index (κ1) is 12.4. The van der Waals surface area contributed by atoms with Crippen molar-refractivity contribution in [3.05, 3.63) is 0 Å². The Balaban J connectivity index is 3.43. The van der Waals surface area contributed by atoms with Crippen LogP contribution in [-0.4, -0.2) is 23.9 Å². The molecule has 0 aromatic heterocycles. The zero-order valence-electron chi connectivity index (χ0n) is 8.49. The molecule has 0 fully saturated rings. The van der Waals surface area contributed by atoms with Crippen molar-refractivity contribution < 1.29 is 9.84 Å². The number of nitriles is 1. The summed E-state index contributed by atoms with van der Waals surface area (Å²) in [6, 6.07) is 2.07. The molecule has 0 saturated heterocycles. The van der Waals surface area contributed by atoms with E-state index >= 15 is 0 Å². The molecule has 3 nitrogen and oxygen atoms in total. The zero-order chi connectivity index (χ0) is 10.1. The molecule has 0 bridgehead atoms. The van der Waals surface area contributed by atoms with Crippen LogP contribution in [0.2, 0.25) is 0 Å². The number of aliphatic hydroxyl groups is 1. The van der Waals surface area contributed by atoms with Crippen LogP contribution in [0.15, 0.2) is 0 Å². The molecule has 0 spiro atoms. The Morgan fingerprint density at radius 2 is 2.23 bits per heavy atom. The Labute approximate surface area is 80.3 Å². The van der Waals surface area contributed by atoms with Gasteiger partial charge in [0.25, 0.3) is 0 Å². The summed E-state index contributed by atoms with van der Waals surface area (Å²) in [7, 11) is 0. The van der Waals surface area contributed by atoms with Crippen LogP contribution < -0.4 is 0 Å². The molecule has 0 heterocycles. The average Bonchev–Trinajstić information content (AvgIpc) is 2.09. The predicted molar refractivity (Wildman–Crippen MR) is 51.2 cm³/mol. The van der Waals surface area contributed by atoms with Gasteiger partial charge in [0.05, 0.1) is 18.3 Å². The van der Waals surface area contributed by atoms with Gasteiger partial charge in [0, 0.05) is 13.0 Å². The second kappa shape index (κ2) is 8.03. The quantitative estimate of drug-likeness (QED) is 0.616. The lowest BCUT2D eigenvalue weighted by Crippen LogP contribution is -2.18. The molecule has 0 aliphatic rings. The lowest BCUT2D eigenvalue weighted by atomic mass is 10.1. The third kappa shape index (κ3) is 7.76. The molecule has 0 saturated carbocycles. The fraction of sp³-hybridized carbons (Fsp3) is 0.900. The molecule has 76 valence electrons. The summed E-state index contributed by atoms with van der Waals surface area (Å²) >= 11 is 0. The minimum absolute atomic E-state index is 0.138. The van der Waals surface area contributed by atoms with Crippen molar-refractivity contribution in [2.75, 3.05) is 6.61 Å². The monoisotopic (exact) mass is 185 g/mol. The van der Waals surface area contributed by atoms with E-state index in [2.05, 4.69) is 6.07 Å². The Kier molecular flexibility index (Phi) is 7.66. The zero-order valence-corrected chi connectivity index (χ0v) is 8.49. The van der Waals surface area contributed by atoms with E-state index in [4.69, 9.17) is 15.1 Å². The molecule has 13 heavy (non-hydrogen) atoms. The second-order valence-corrected chi connectivity index (χ2v) is 3.25. The molecule has 0 aromatic carbocycles. The summed E-state index contributed by atoms with van der Waals surface area (Å²) in [4.78, 5) is 0. The highest BCUT2D eigenvalue weighted by molar-refractivity contribution is 4.68. The van der Waals surface area contributed by atoms with Crippen molar-refractivity contribution in [1.29, 1.82) is 5.26 Å². The number of ether oxygens (including phenoxy) is 1. The first-order chi connectivity index (χ1) is 6.20. The maximum Gasteiger partial charge on any atom is 0.0622 e. The third-order valence-corrected chi connectivity index (χ3v) is 1.85. The maximum absolute atomic E-state index is 9.12. The molecule has 2 unspecified atom stereocenters. The lowest BCUT2D eigenvalue weighted by molar-refractivity contribution is 0.0154. The first-order valence-electron chi connectivity index (χ1n) is 4.87. The van der Waals surface area contributed by atoms with Gasteiger partial charge >= 0.3 is 0 Å². The van der Waals surface area contributed by atoms with Gasteiger partial charge in [-0.1, -0.05) is 6.92 Å². The molecule has 2 atom stereocenters. The van der Waals surface area contributed by atoms with E-state index < -0.39 is 0 Å². The van der Waals surface area contributed by atoms with Crippen LogP contribution in [0.3, 0.4) is 0 Å². The highest BCUT2D eigenvalue weighted by Crippen LogP contribution is 2.07. The van der Waals surface area contributed by atoms with Gasteiger partial charge < -0.3 is 9.84 Å². The van der Waals surface area contributed by atoms with E-state index in [1.165, 1.54) is 0 Å². The van der Waals surface area contributed by atoms with Crippen molar-refractivity contribution in [2.45, 2.75) is 51.7 Å². The van der Waals surface area contributed by atoms with Crippen LogP contribution in [0.5, 0.6) is 0 Å². The van der Waals surface area contributed by atoms with Crippen LogP contribution in [-0.2, 0) is 4.74 Å². The number of aliphatic hydroxyl groups excluding tert-OH is 1. The third-order valence-electron chi connectivity index (χ3n) is 1.85. The molecule has 0 aliphatic heterocycles. The Bertz CT molecular complexity index is 151. The van der Waals surface area contributed by atoms with E-state index in [1.807, 2.05) is 6.92 Å². The number of unbranched alkanes of at least 4 members (excludes halogenated alkanes) is 1. The van der Waals surface area contributed by atoms with Gasteiger partial charge in [0.2, 0.25) is 0 Å². The van der Waals surface area contributed by atoms with Crippen molar-refractivity contribution >= 4 is 0 Å². The van der Waals surface area contributed by atoms with Crippen LogP contribution in [0.25, 0.3) is 0 Å². The van der Waals surface area contributed by atoms with E-state index in [1.54, 1.807) is 6.92 Å². The maximum atomic E-state index is 9.12. The molecule has 0 aliphatic carbocycles. The summed E-state index contributed by atoms with van der Waals surface area (Å²) in [5.74, 6) is 0. The van der Waals surface area contributed by atoms with Gasteiger partial charge in [0.15, 0.2) is 0 Å². The lowest BCUT2D eigenvalue weighted by Gasteiger charge is -2.16. The van der Waals surface area contributed by atoms with E-state index in [-0.39, 0.29) is 12.2 Å². The van der Waals surface area contributed by atoms with Crippen molar-refractivity contribution in [1.82, 2.24) is 0 Å². The summed E-state index contributed by atoms with van der Waals surface area (Å²) in [6.07, 6.45) is 2.76. The van der Waals surface area contributed by atoms with Gasteiger partial charge in [-0.05, 0) is 26.2 Å². The normalized spacial score (nSPS) is 14.9. The minimum atomic E-state index is -0.305. The average molecular weight is 185 g/mol. The molecule has 0 radical (unpaired) electrons. The van der Waals surface area contributed by atoms with Crippen molar-refractivity contribution in [3.63, 3.8) is 0 Å². The molecule has 3 heteroatoms. The van der Waals surface area contributed by atoms with Gasteiger partial charge in [-0.15, -0.1) is 0 Å². The smallest absolute Gasteiger partial charge is 0.0622 e. The topological polar surface area (TPSA) is 53.2 Å².